The van der Waals surface area contributed by atoms with Gasteiger partial charge in [-0.05, 0) is 22.0 Å². The number of nitrogens with zero attached hydrogens (tertiary/aromatic N) is 2. The smallest absolute Gasteiger partial charge is 0.171 e. The molecule has 60 valence electrons. The number of aromatic nitrogens is 3. The molecule has 5 heteroatoms. The van der Waals surface area contributed by atoms with Gasteiger partial charge < -0.3 is 0 Å². The van der Waals surface area contributed by atoms with E-state index in [2.05, 4.69) is 31.1 Å². The van der Waals surface area contributed by atoms with Crippen LogP contribution in [-0.4, -0.2) is 21.5 Å². The van der Waals surface area contributed by atoms with Crippen LogP contribution in [0.1, 0.15) is 10.5 Å². The Balaban J connectivity index is 2.83. The Bertz CT molecular complexity index is 437. The van der Waals surface area contributed by atoms with Crippen molar-refractivity contribution in [2.45, 2.75) is 0 Å². The molecule has 0 radical (unpaired) electrons. The third-order valence-electron chi connectivity index (χ3n) is 1.52. The molecule has 2 aromatic heterocycles. The van der Waals surface area contributed by atoms with Gasteiger partial charge in [-0.3, -0.25) is 9.89 Å². The molecular formula is C7H4BrN3O. The van der Waals surface area contributed by atoms with Gasteiger partial charge in [-0.25, -0.2) is 4.98 Å². The normalized spacial score (nSPS) is 10.4. The molecule has 0 bridgehead atoms. The van der Waals surface area contributed by atoms with Gasteiger partial charge in [0.1, 0.15) is 5.69 Å². The van der Waals surface area contributed by atoms with Crippen molar-refractivity contribution in [2.24, 2.45) is 0 Å². The number of carbonyl (C=O) groups is 1. The van der Waals surface area contributed by atoms with Gasteiger partial charge in [-0.15, -0.1) is 0 Å². The molecule has 4 nitrogen and oxygen atoms in total. The number of nitrogens with one attached hydrogen (secondary N) is 1. The van der Waals surface area contributed by atoms with Gasteiger partial charge in [0.15, 0.2) is 11.9 Å². The van der Waals surface area contributed by atoms with E-state index in [9.17, 15) is 4.79 Å². The van der Waals surface area contributed by atoms with Crippen LogP contribution in [0.2, 0.25) is 0 Å². The molecule has 0 spiro atoms. The van der Waals surface area contributed by atoms with Crippen molar-refractivity contribution in [1.29, 1.82) is 0 Å². The number of hydrogen-bond donors (Lipinski definition) is 1. The molecule has 2 heterocycles. The van der Waals surface area contributed by atoms with Crippen LogP contribution in [0.4, 0.5) is 0 Å². The quantitative estimate of drug-likeness (QED) is 0.750. The number of fused-ring (bicyclic) bond motifs is 1. The van der Waals surface area contributed by atoms with Crippen LogP contribution in [0.5, 0.6) is 0 Å². The number of pyridine rings is 1. The summed E-state index contributed by atoms with van der Waals surface area (Å²) in [7, 11) is 0. The number of aromatic amines is 1. The van der Waals surface area contributed by atoms with Gasteiger partial charge in [-0.2, -0.15) is 5.10 Å². The van der Waals surface area contributed by atoms with E-state index in [1.807, 2.05) is 0 Å². The van der Waals surface area contributed by atoms with E-state index in [-0.39, 0.29) is 0 Å². The highest BCUT2D eigenvalue weighted by atomic mass is 79.9. The molecule has 0 aliphatic heterocycles. The van der Waals surface area contributed by atoms with E-state index >= 15 is 0 Å². The van der Waals surface area contributed by atoms with Crippen molar-refractivity contribution in [1.82, 2.24) is 15.2 Å². The monoisotopic (exact) mass is 225 g/mol. The number of halogens is 1. The summed E-state index contributed by atoms with van der Waals surface area (Å²) in [4.78, 5) is 14.5. The Kier molecular flexibility index (Phi) is 1.65. The minimum absolute atomic E-state index is 0.388. The average molecular weight is 226 g/mol. The second-order valence-electron chi connectivity index (χ2n) is 2.28. The summed E-state index contributed by atoms with van der Waals surface area (Å²) in [5, 5.41) is 7.17. The molecule has 0 atom stereocenters. The summed E-state index contributed by atoms with van der Waals surface area (Å²) in [6, 6.07) is 1.80. The van der Waals surface area contributed by atoms with E-state index in [1.54, 1.807) is 12.3 Å². The van der Waals surface area contributed by atoms with E-state index in [1.165, 1.54) is 0 Å². The highest BCUT2D eigenvalue weighted by Crippen LogP contribution is 2.17. The predicted octanol–water partition coefficient (Wildman–Crippen LogP) is 1.53. The van der Waals surface area contributed by atoms with Gasteiger partial charge in [0, 0.05) is 10.7 Å². The molecule has 1 N–H and O–H groups in total. The standard InChI is InChI=1S/C7H4BrN3O/c8-4-1-5-6(3-12)10-11-7(5)9-2-4/h1-3H,(H,9,10,11). The van der Waals surface area contributed by atoms with Gasteiger partial charge >= 0.3 is 0 Å². The fourth-order valence-corrected chi connectivity index (χ4v) is 1.32. The third kappa shape index (κ3) is 1.02. The van der Waals surface area contributed by atoms with Crippen LogP contribution in [0.3, 0.4) is 0 Å². The Morgan fingerprint density at radius 1 is 1.58 bits per heavy atom. The molecule has 12 heavy (non-hydrogen) atoms. The number of rotatable bonds is 1. The minimum Gasteiger partial charge on any atom is -0.296 e. The first-order valence-electron chi connectivity index (χ1n) is 3.26. The molecule has 0 aliphatic rings. The van der Waals surface area contributed by atoms with E-state index in [0.29, 0.717) is 17.6 Å². The van der Waals surface area contributed by atoms with Crippen LogP contribution in [0.25, 0.3) is 11.0 Å². The summed E-state index contributed by atoms with van der Waals surface area (Å²) in [6.45, 7) is 0. The third-order valence-corrected chi connectivity index (χ3v) is 1.96. The number of hydrogen-bond acceptors (Lipinski definition) is 3. The molecule has 0 fully saturated rings. The Hall–Kier alpha value is -1.23. The lowest BCUT2D eigenvalue weighted by Crippen LogP contribution is -1.79. The topological polar surface area (TPSA) is 58.6 Å². The molecule has 0 aromatic carbocycles. The summed E-state index contributed by atoms with van der Waals surface area (Å²) >= 11 is 3.26. The van der Waals surface area contributed by atoms with E-state index < -0.39 is 0 Å². The van der Waals surface area contributed by atoms with E-state index in [4.69, 9.17) is 0 Å². The van der Waals surface area contributed by atoms with Gasteiger partial charge in [-0.1, -0.05) is 0 Å². The first kappa shape index (κ1) is 7.42. The molecule has 0 aliphatic carbocycles. The average Bonchev–Trinajstić information content (AvgIpc) is 2.46. The zero-order chi connectivity index (χ0) is 8.55. The predicted molar refractivity (Wildman–Crippen MR) is 47.0 cm³/mol. The molecule has 0 saturated carbocycles. The number of aldehydes is 1. The zero-order valence-electron chi connectivity index (χ0n) is 5.91. The fraction of sp³-hybridized carbons (Fsp3) is 0. The Labute approximate surface area is 76.1 Å². The lowest BCUT2D eigenvalue weighted by molar-refractivity contribution is 0.112. The molecule has 0 saturated heterocycles. The van der Waals surface area contributed by atoms with E-state index in [0.717, 1.165) is 9.86 Å². The molecular weight excluding hydrogens is 222 g/mol. The van der Waals surface area contributed by atoms with Crippen molar-refractivity contribution in [3.05, 3.63) is 22.4 Å². The highest BCUT2D eigenvalue weighted by molar-refractivity contribution is 9.10. The summed E-state index contributed by atoms with van der Waals surface area (Å²) in [6.07, 6.45) is 2.35. The summed E-state index contributed by atoms with van der Waals surface area (Å²) < 4.78 is 0.833. The zero-order valence-corrected chi connectivity index (χ0v) is 7.50. The van der Waals surface area contributed by atoms with Crippen LogP contribution >= 0.6 is 15.9 Å². The largest absolute Gasteiger partial charge is 0.296 e. The molecule has 0 unspecified atom stereocenters. The van der Waals surface area contributed by atoms with Crippen LogP contribution in [0, 0.1) is 0 Å². The maximum Gasteiger partial charge on any atom is 0.171 e. The molecule has 2 rings (SSSR count). The number of carbonyl (C=O) groups excluding carboxylic acids is 1. The van der Waals surface area contributed by atoms with Gasteiger partial charge in [0.2, 0.25) is 0 Å². The van der Waals surface area contributed by atoms with Crippen molar-refractivity contribution >= 4 is 33.2 Å². The first-order valence-corrected chi connectivity index (χ1v) is 4.05. The molecule has 0 amide bonds. The van der Waals surface area contributed by atoms with Crippen molar-refractivity contribution in [3.8, 4) is 0 Å². The second kappa shape index (κ2) is 2.67. The highest BCUT2D eigenvalue weighted by Gasteiger charge is 2.04. The lowest BCUT2D eigenvalue weighted by atomic mass is 10.3. The molecule has 2 aromatic rings. The van der Waals surface area contributed by atoms with Crippen LogP contribution < -0.4 is 0 Å². The Morgan fingerprint density at radius 3 is 3.17 bits per heavy atom. The first-order chi connectivity index (χ1) is 5.81. The summed E-state index contributed by atoms with van der Waals surface area (Å²) in [5.74, 6) is 0. The van der Waals surface area contributed by atoms with Gasteiger partial charge in [0.25, 0.3) is 0 Å². The minimum atomic E-state index is 0.388. The SMILES string of the molecule is O=Cc1n[nH]c2ncc(Br)cc12. The van der Waals surface area contributed by atoms with Crippen molar-refractivity contribution in [3.63, 3.8) is 0 Å². The fourth-order valence-electron chi connectivity index (χ4n) is 0.987. The van der Waals surface area contributed by atoms with Gasteiger partial charge in [0.05, 0.1) is 5.39 Å². The second-order valence-corrected chi connectivity index (χ2v) is 3.19. The van der Waals surface area contributed by atoms with Crippen molar-refractivity contribution in [2.75, 3.05) is 0 Å². The summed E-state index contributed by atoms with van der Waals surface area (Å²) in [5.41, 5.74) is 1.01. The van der Waals surface area contributed by atoms with Crippen LogP contribution in [-0.2, 0) is 0 Å². The maximum absolute atomic E-state index is 10.5. The lowest BCUT2D eigenvalue weighted by Gasteiger charge is -1.88. The number of H-pyrrole nitrogens is 1. The van der Waals surface area contributed by atoms with Crippen molar-refractivity contribution < 1.29 is 4.79 Å². The maximum atomic E-state index is 10.5. The Morgan fingerprint density at radius 2 is 2.42 bits per heavy atom. The van der Waals surface area contributed by atoms with Crippen LogP contribution in [0.15, 0.2) is 16.7 Å².